The summed E-state index contributed by atoms with van der Waals surface area (Å²) >= 11 is 10.0. The summed E-state index contributed by atoms with van der Waals surface area (Å²) in [5.74, 6) is -0.322. The largest absolute Gasteiger partial charge is 0.457 e. The van der Waals surface area contributed by atoms with Crippen LogP contribution in [0.15, 0.2) is 68.4 Å². The first-order chi connectivity index (χ1) is 15.9. The number of carbonyl (C=O) groups excluding carboxylic acids is 3. The lowest BCUT2D eigenvalue weighted by Crippen LogP contribution is -2.36. The average molecular weight is 543 g/mol. The van der Waals surface area contributed by atoms with Gasteiger partial charge in [0.05, 0.1) is 21.6 Å². The van der Waals surface area contributed by atoms with Gasteiger partial charge < -0.3 is 9.73 Å². The topological polar surface area (TPSA) is 103 Å². The van der Waals surface area contributed by atoms with Crippen molar-refractivity contribution in [3.63, 3.8) is 0 Å². The van der Waals surface area contributed by atoms with Crippen LogP contribution in [0.5, 0.6) is 0 Å². The predicted molar refractivity (Wildman–Crippen MR) is 129 cm³/mol. The van der Waals surface area contributed by atoms with Crippen molar-refractivity contribution in [1.82, 2.24) is 4.90 Å². The first-order valence-electron chi connectivity index (χ1n) is 9.45. The Hall–Kier alpha value is -3.32. The third-order valence-corrected chi connectivity index (χ3v) is 6.73. The van der Waals surface area contributed by atoms with Gasteiger partial charge in [0.1, 0.15) is 18.1 Å². The number of anilines is 1. The summed E-state index contributed by atoms with van der Waals surface area (Å²) in [7, 11) is 0. The van der Waals surface area contributed by atoms with Gasteiger partial charge in [-0.2, -0.15) is 5.26 Å². The van der Waals surface area contributed by atoms with Crippen LogP contribution in [0, 0.1) is 11.3 Å². The number of hydrogen-bond donors (Lipinski definition) is 1. The Bertz CT molecular complexity index is 1360. The third-order valence-electron chi connectivity index (χ3n) is 4.59. The molecular weight excluding hydrogens is 530 g/mol. The summed E-state index contributed by atoms with van der Waals surface area (Å²) in [6.07, 6.45) is 1.44. The quantitative estimate of drug-likeness (QED) is 0.402. The first-order valence-corrected chi connectivity index (χ1v) is 11.4. The van der Waals surface area contributed by atoms with Crippen LogP contribution in [0.4, 0.5) is 10.5 Å². The van der Waals surface area contributed by atoms with Gasteiger partial charge in [-0.25, -0.2) is 0 Å². The maximum atomic E-state index is 12.7. The van der Waals surface area contributed by atoms with Crippen LogP contribution < -0.4 is 5.32 Å². The minimum absolute atomic E-state index is 0.133. The number of nitrogens with zero attached hydrogens (tertiary/aromatic N) is 2. The van der Waals surface area contributed by atoms with Crippen molar-refractivity contribution in [1.29, 1.82) is 5.26 Å². The van der Waals surface area contributed by atoms with E-state index in [0.717, 1.165) is 16.7 Å². The molecule has 1 aliphatic heterocycles. The van der Waals surface area contributed by atoms with Crippen molar-refractivity contribution in [2.45, 2.75) is 0 Å². The summed E-state index contributed by atoms with van der Waals surface area (Å²) in [4.78, 5) is 38.4. The fourth-order valence-electron chi connectivity index (χ4n) is 3.05. The summed E-state index contributed by atoms with van der Waals surface area (Å²) in [5, 5.41) is 11.7. The molecule has 1 N–H and O–H groups in total. The lowest BCUT2D eigenvalue weighted by atomic mass is 10.1. The molecule has 1 aromatic heterocycles. The molecule has 0 aliphatic carbocycles. The molecule has 1 aliphatic rings. The summed E-state index contributed by atoms with van der Waals surface area (Å²) in [5.41, 5.74) is 1.52. The number of hydrogen-bond acceptors (Lipinski definition) is 6. The van der Waals surface area contributed by atoms with Gasteiger partial charge in [-0.05, 0) is 70.2 Å². The van der Waals surface area contributed by atoms with E-state index in [9.17, 15) is 19.6 Å². The Balaban J connectivity index is 1.47. The van der Waals surface area contributed by atoms with Crippen LogP contribution >= 0.6 is 39.3 Å². The molecule has 2 heterocycles. The van der Waals surface area contributed by atoms with Crippen LogP contribution in [-0.4, -0.2) is 28.5 Å². The fourth-order valence-corrected chi connectivity index (χ4v) is 4.30. The van der Waals surface area contributed by atoms with Crippen LogP contribution in [0.2, 0.25) is 5.02 Å². The van der Waals surface area contributed by atoms with Crippen LogP contribution in [0.25, 0.3) is 17.4 Å². The molecule has 3 aromatic rings. The highest BCUT2D eigenvalue weighted by Gasteiger charge is 2.36. The smallest absolute Gasteiger partial charge is 0.294 e. The Morgan fingerprint density at radius 3 is 2.76 bits per heavy atom. The van der Waals surface area contributed by atoms with E-state index in [2.05, 4.69) is 27.3 Å². The molecule has 33 heavy (non-hydrogen) atoms. The second-order valence-electron chi connectivity index (χ2n) is 6.80. The van der Waals surface area contributed by atoms with Gasteiger partial charge in [-0.3, -0.25) is 19.3 Å². The molecule has 1 fully saturated rings. The van der Waals surface area contributed by atoms with Gasteiger partial charge in [0.2, 0.25) is 5.91 Å². The summed E-state index contributed by atoms with van der Waals surface area (Å²) in [6.45, 7) is -0.436. The Morgan fingerprint density at radius 2 is 2.00 bits per heavy atom. The van der Waals surface area contributed by atoms with Crippen molar-refractivity contribution >= 4 is 68.1 Å². The van der Waals surface area contributed by atoms with E-state index in [1.807, 2.05) is 0 Å². The molecule has 1 saturated heterocycles. The zero-order chi connectivity index (χ0) is 23.5. The number of carbonyl (C=O) groups is 3. The number of benzene rings is 2. The lowest BCUT2D eigenvalue weighted by molar-refractivity contribution is -0.127. The molecule has 0 spiro atoms. The molecule has 10 heteroatoms. The van der Waals surface area contributed by atoms with Gasteiger partial charge in [0.25, 0.3) is 11.1 Å². The second kappa shape index (κ2) is 9.67. The summed E-state index contributed by atoms with van der Waals surface area (Å²) < 4.78 is 6.43. The highest BCUT2D eigenvalue weighted by Crippen LogP contribution is 2.34. The van der Waals surface area contributed by atoms with E-state index < -0.39 is 23.6 Å². The molecular formula is C23H13BrClN3O4S. The number of amides is 3. The van der Waals surface area contributed by atoms with Crippen molar-refractivity contribution in [3.8, 4) is 17.4 Å². The van der Waals surface area contributed by atoms with Gasteiger partial charge in [0.15, 0.2) is 0 Å². The molecule has 0 radical (unpaired) electrons. The predicted octanol–water partition coefficient (Wildman–Crippen LogP) is 5.91. The lowest BCUT2D eigenvalue weighted by Gasteiger charge is -2.12. The Labute approximate surface area is 206 Å². The normalized spacial score (nSPS) is 14.6. The Morgan fingerprint density at radius 1 is 1.21 bits per heavy atom. The molecule has 0 unspecified atom stereocenters. The average Bonchev–Trinajstić information content (AvgIpc) is 3.36. The maximum absolute atomic E-state index is 12.7. The van der Waals surface area contributed by atoms with Gasteiger partial charge in [0, 0.05) is 21.8 Å². The molecule has 0 atom stereocenters. The van der Waals surface area contributed by atoms with E-state index in [0.29, 0.717) is 37.8 Å². The monoisotopic (exact) mass is 541 g/mol. The van der Waals surface area contributed by atoms with E-state index in [4.69, 9.17) is 16.0 Å². The number of halogens is 2. The highest BCUT2D eigenvalue weighted by molar-refractivity contribution is 9.10. The maximum Gasteiger partial charge on any atom is 0.294 e. The van der Waals surface area contributed by atoms with E-state index >= 15 is 0 Å². The number of thioether (sulfide) groups is 1. The van der Waals surface area contributed by atoms with Crippen LogP contribution in [0.3, 0.4) is 0 Å². The summed E-state index contributed by atoms with van der Waals surface area (Å²) in [6, 6.07) is 17.3. The zero-order valence-electron chi connectivity index (χ0n) is 16.7. The minimum atomic E-state index is -0.593. The van der Waals surface area contributed by atoms with E-state index in [1.54, 1.807) is 54.6 Å². The number of imide groups is 1. The van der Waals surface area contributed by atoms with Crippen LogP contribution in [0.1, 0.15) is 11.3 Å². The molecule has 164 valence electrons. The van der Waals surface area contributed by atoms with Gasteiger partial charge in [-0.15, -0.1) is 0 Å². The number of furan rings is 1. The number of nitriles is 1. The van der Waals surface area contributed by atoms with Crippen LogP contribution in [-0.2, 0) is 9.59 Å². The molecule has 0 bridgehead atoms. The molecule has 3 amide bonds. The molecule has 0 saturated carbocycles. The van der Waals surface area contributed by atoms with Crippen molar-refractivity contribution < 1.29 is 18.8 Å². The van der Waals surface area contributed by atoms with Crippen molar-refractivity contribution in [2.75, 3.05) is 11.9 Å². The number of nitrogens with one attached hydrogen (secondary N) is 1. The minimum Gasteiger partial charge on any atom is -0.457 e. The number of rotatable bonds is 5. The van der Waals surface area contributed by atoms with Crippen molar-refractivity contribution in [2.24, 2.45) is 0 Å². The van der Waals surface area contributed by atoms with Gasteiger partial charge in [-0.1, -0.05) is 23.7 Å². The first kappa shape index (κ1) is 22.9. The standard InChI is InChI=1S/C23H13BrClN3O4S/c24-17-7-5-14(9-18(17)25)27-21(29)12-28-22(30)20(33-23(28)31)10-15-6-8-19(32-15)16-4-2-1-3-13(16)11-26/h1-10H,12H2,(H,27,29)/b20-10+. The molecule has 2 aromatic carbocycles. The third kappa shape index (κ3) is 5.03. The second-order valence-corrected chi connectivity index (χ2v) is 9.06. The fraction of sp³-hybridized carbons (Fsp3) is 0.0435. The Kier molecular flexibility index (Phi) is 6.70. The molecule has 4 rings (SSSR count). The molecule has 7 nitrogen and oxygen atoms in total. The van der Waals surface area contributed by atoms with E-state index in [-0.39, 0.29) is 4.91 Å². The highest BCUT2D eigenvalue weighted by atomic mass is 79.9. The van der Waals surface area contributed by atoms with Gasteiger partial charge >= 0.3 is 0 Å². The van der Waals surface area contributed by atoms with Crippen molar-refractivity contribution in [3.05, 3.63) is 80.3 Å². The zero-order valence-corrected chi connectivity index (χ0v) is 19.8. The SMILES string of the molecule is N#Cc1ccccc1-c1ccc(/C=C2/SC(=O)N(CC(=O)Nc3ccc(Br)c(Cl)c3)C2=O)o1. The van der Waals surface area contributed by atoms with E-state index in [1.165, 1.54) is 6.08 Å².